The predicted molar refractivity (Wildman–Crippen MR) is 103 cm³/mol. The number of thioether (sulfide) groups is 1. The molecule has 2 aliphatic rings. The number of aryl methyl sites for hydroxylation is 1. The zero-order valence-electron chi connectivity index (χ0n) is 14.9. The van der Waals surface area contributed by atoms with E-state index >= 15 is 0 Å². The molecule has 0 atom stereocenters. The van der Waals surface area contributed by atoms with E-state index in [0.717, 1.165) is 48.6 Å². The second-order valence-corrected chi connectivity index (χ2v) is 10.0. The average Bonchev–Trinajstić information content (AvgIpc) is 2.61. The number of ether oxygens (including phenoxy) is 1. The second-order valence-electron chi connectivity index (χ2n) is 7.01. The van der Waals surface area contributed by atoms with Crippen molar-refractivity contribution in [3.8, 4) is 0 Å². The summed E-state index contributed by atoms with van der Waals surface area (Å²) < 4.78 is 33.7. The molecule has 2 saturated heterocycles. The SMILES string of the molecule is Cc1cccc(CS(=O)(=O)NCC2(N3CCSCC3)CCOCC2)c1. The van der Waals surface area contributed by atoms with Gasteiger partial charge in [0, 0.05) is 49.9 Å². The van der Waals surface area contributed by atoms with Gasteiger partial charge in [0.15, 0.2) is 0 Å². The van der Waals surface area contributed by atoms with Crippen molar-refractivity contribution < 1.29 is 13.2 Å². The molecule has 140 valence electrons. The van der Waals surface area contributed by atoms with Crippen molar-refractivity contribution in [1.29, 1.82) is 0 Å². The lowest BCUT2D eigenvalue weighted by Gasteiger charge is -2.48. The zero-order valence-corrected chi connectivity index (χ0v) is 16.5. The lowest BCUT2D eigenvalue weighted by molar-refractivity contribution is -0.0218. The van der Waals surface area contributed by atoms with Gasteiger partial charge in [-0.1, -0.05) is 29.8 Å². The summed E-state index contributed by atoms with van der Waals surface area (Å²) in [5.41, 5.74) is 1.82. The molecule has 1 aromatic rings. The highest BCUT2D eigenvalue weighted by Gasteiger charge is 2.39. The van der Waals surface area contributed by atoms with E-state index in [2.05, 4.69) is 9.62 Å². The highest BCUT2D eigenvalue weighted by atomic mass is 32.2. The van der Waals surface area contributed by atoms with Gasteiger partial charge in [0.1, 0.15) is 0 Å². The van der Waals surface area contributed by atoms with Crippen LogP contribution in [0.1, 0.15) is 24.0 Å². The maximum absolute atomic E-state index is 12.6. The molecule has 2 aliphatic heterocycles. The quantitative estimate of drug-likeness (QED) is 0.813. The number of benzene rings is 1. The van der Waals surface area contributed by atoms with Crippen LogP contribution >= 0.6 is 11.8 Å². The summed E-state index contributed by atoms with van der Waals surface area (Å²) in [4.78, 5) is 2.49. The van der Waals surface area contributed by atoms with Gasteiger partial charge in [-0.2, -0.15) is 11.8 Å². The Balaban J connectivity index is 1.67. The first-order valence-electron chi connectivity index (χ1n) is 8.93. The summed E-state index contributed by atoms with van der Waals surface area (Å²) in [5.74, 6) is 2.29. The standard InChI is InChI=1S/C18H28N2O3S2/c1-16-3-2-4-17(13-16)14-25(21,22)19-15-18(5-9-23-10-6-18)20-7-11-24-12-8-20/h2-4,13,19H,5-12,14-15H2,1H3. The molecule has 7 heteroatoms. The summed E-state index contributed by atoms with van der Waals surface area (Å²) in [6.07, 6.45) is 1.79. The van der Waals surface area contributed by atoms with Gasteiger partial charge in [-0.25, -0.2) is 13.1 Å². The van der Waals surface area contributed by atoms with Crippen LogP contribution in [0.15, 0.2) is 24.3 Å². The van der Waals surface area contributed by atoms with Crippen LogP contribution in [-0.4, -0.2) is 63.2 Å². The number of hydrogen-bond donors (Lipinski definition) is 1. The lowest BCUT2D eigenvalue weighted by atomic mass is 9.88. The molecule has 2 heterocycles. The zero-order chi connectivity index (χ0) is 17.8. The molecule has 0 unspecified atom stereocenters. The van der Waals surface area contributed by atoms with E-state index in [-0.39, 0.29) is 11.3 Å². The minimum Gasteiger partial charge on any atom is -0.381 e. The minimum atomic E-state index is -3.35. The van der Waals surface area contributed by atoms with Gasteiger partial charge in [0.2, 0.25) is 10.0 Å². The van der Waals surface area contributed by atoms with E-state index in [1.165, 1.54) is 0 Å². The molecule has 5 nitrogen and oxygen atoms in total. The molecule has 0 bridgehead atoms. The van der Waals surface area contributed by atoms with E-state index in [0.29, 0.717) is 19.8 Å². The first-order valence-corrected chi connectivity index (χ1v) is 11.7. The van der Waals surface area contributed by atoms with Crippen molar-refractivity contribution >= 4 is 21.8 Å². The van der Waals surface area contributed by atoms with Crippen LogP contribution in [0, 0.1) is 6.92 Å². The van der Waals surface area contributed by atoms with Crippen molar-refractivity contribution in [3.63, 3.8) is 0 Å². The smallest absolute Gasteiger partial charge is 0.215 e. The van der Waals surface area contributed by atoms with Crippen molar-refractivity contribution in [3.05, 3.63) is 35.4 Å². The first-order chi connectivity index (χ1) is 12.0. The Morgan fingerprint density at radius 1 is 1.24 bits per heavy atom. The van der Waals surface area contributed by atoms with Gasteiger partial charge in [-0.15, -0.1) is 0 Å². The first kappa shape index (κ1) is 19.2. The molecular formula is C18H28N2O3S2. The Kier molecular flexibility index (Phi) is 6.44. The van der Waals surface area contributed by atoms with E-state index in [1.807, 2.05) is 43.0 Å². The molecule has 1 N–H and O–H groups in total. The highest BCUT2D eigenvalue weighted by Crippen LogP contribution is 2.30. The number of hydrogen-bond acceptors (Lipinski definition) is 5. The Morgan fingerprint density at radius 2 is 1.96 bits per heavy atom. The van der Waals surface area contributed by atoms with Crippen molar-refractivity contribution in [2.24, 2.45) is 0 Å². The van der Waals surface area contributed by atoms with E-state index in [4.69, 9.17) is 4.74 Å². The Morgan fingerprint density at radius 3 is 2.64 bits per heavy atom. The summed E-state index contributed by atoms with van der Waals surface area (Å²) in [7, 11) is -3.35. The number of sulfonamides is 1. The van der Waals surface area contributed by atoms with Crippen LogP contribution in [0.2, 0.25) is 0 Å². The topological polar surface area (TPSA) is 58.6 Å². The molecule has 1 aromatic carbocycles. The highest BCUT2D eigenvalue weighted by molar-refractivity contribution is 7.99. The third-order valence-corrected chi connectivity index (χ3v) is 7.41. The van der Waals surface area contributed by atoms with Crippen LogP contribution in [-0.2, 0) is 20.5 Å². The van der Waals surface area contributed by atoms with Crippen molar-refractivity contribution in [1.82, 2.24) is 9.62 Å². The fraction of sp³-hybridized carbons (Fsp3) is 0.667. The van der Waals surface area contributed by atoms with Crippen LogP contribution in [0.25, 0.3) is 0 Å². The third-order valence-electron chi connectivity index (χ3n) is 5.17. The van der Waals surface area contributed by atoms with Crippen LogP contribution in [0.5, 0.6) is 0 Å². The van der Waals surface area contributed by atoms with Gasteiger partial charge in [0.05, 0.1) is 5.75 Å². The Hall–Kier alpha value is -0.600. The van der Waals surface area contributed by atoms with Gasteiger partial charge in [-0.05, 0) is 25.3 Å². The monoisotopic (exact) mass is 384 g/mol. The van der Waals surface area contributed by atoms with Gasteiger partial charge in [0.25, 0.3) is 0 Å². The summed E-state index contributed by atoms with van der Waals surface area (Å²) in [6, 6.07) is 7.70. The van der Waals surface area contributed by atoms with Crippen molar-refractivity contribution in [2.75, 3.05) is 44.4 Å². The van der Waals surface area contributed by atoms with Gasteiger partial charge < -0.3 is 4.74 Å². The number of nitrogens with one attached hydrogen (secondary N) is 1. The maximum Gasteiger partial charge on any atom is 0.215 e. The van der Waals surface area contributed by atoms with Crippen LogP contribution in [0.4, 0.5) is 0 Å². The van der Waals surface area contributed by atoms with E-state index in [9.17, 15) is 8.42 Å². The largest absolute Gasteiger partial charge is 0.381 e. The van der Waals surface area contributed by atoms with Gasteiger partial charge in [-0.3, -0.25) is 4.90 Å². The molecule has 0 amide bonds. The Labute approximate surface area is 155 Å². The summed E-state index contributed by atoms with van der Waals surface area (Å²) >= 11 is 1.98. The fourth-order valence-electron chi connectivity index (χ4n) is 3.71. The Bertz CT molecular complexity index is 667. The van der Waals surface area contributed by atoms with Crippen LogP contribution in [0.3, 0.4) is 0 Å². The molecule has 3 rings (SSSR count). The molecule has 0 radical (unpaired) electrons. The summed E-state index contributed by atoms with van der Waals surface area (Å²) in [5, 5.41) is 0. The molecule has 2 fully saturated rings. The second kappa shape index (κ2) is 8.39. The number of nitrogens with zero attached hydrogens (tertiary/aromatic N) is 1. The fourth-order valence-corrected chi connectivity index (χ4v) is 5.82. The van der Waals surface area contributed by atoms with E-state index < -0.39 is 10.0 Å². The van der Waals surface area contributed by atoms with Crippen LogP contribution < -0.4 is 4.72 Å². The molecule has 0 aliphatic carbocycles. The average molecular weight is 385 g/mol. The molecular weight excluding hydrogens is 356 g/mol. The predicted octanol–water partition coefficient (Wildman–Crippen LogP) is 2.01. The maximum atomic E-state index is 12.6. The number of rotatable bonds is 6. The molecule has 25 heavy (non-hydrogen) atoms. The summed E-state index contributed by atoms with van der Waals surface area (Å²) in [6.45, 7) is 5.95. The van der Waals surface area contributed by atoms with Crippen molar-refractivity contribution in [2.45, 2.75) is 31.1 Å². The van der Waals surface area contributed by atoms with E-state index in [1.54, 1.807) is 0 Å². The molecule has 0 aromatic heterocycles. The molecule has 0 saturated carbocycles. The van der Waals surface area contributed by atoms with Gasteiger partial charge >= 0.3 is 0 Å². The third kappa shape index (κ3) is 5.20. The minimum absolute atomic E-state index is 0.0388. The normalized spacial score (nSPS) is 22.0. The lowest BCUT2D eigenvalue weighted by Crippen LogP contribution is -2.60. The molecule has 0 spiro atoms.